The maximum Gasteiger partial charge on any atom is 0.244 e. The Hall–Kier alpha value is -3.08. The van der Waals surface area contributed by atoms with Crippen molar-refractivity contribution in [3.05, 3.63) is 66.2 Å². The van der Waals surface area contributed by atoms with Crippen LogP contribution in [0.25, 0.3) is 6.08 Å². The molecule has 1 aliphatic heterocycles. The number of amides is 2. The summed E-state index contributed by atoms with van der Waals surface area (Å²) in [6.45, 7) is 2.12. The van der Waals surface area contributed by atoms with Crippen molar-refractivity contribution in [2.75, 3.05) is 29.9 Å². The van der Waals surface area contributed by atoms with Crippen LogP contribution in [0.3, 0.4) is 0 Å². The van der Waals surface area contributed by atoms with Gasteiger partial charge in [-0.25, -0.2) is 0 Å². The first-order chi connectivity index (χ1) is 13.7. The molecule has 1 fully saturated rings. The summed E-state index contributed by atoms with van der Waals surface area (Å²) in [5, 5.41) is 5.41. The van der Waals surface area contributed by atoms with Gasteiger partial charge in [-0.2, -0.15) is 0 Å². The Morgan fingerprint density at radius 3 is 2.25 bits per heavy atom. The Kier molecular flexibility index (Phi) is 7.24. The third-order valence-corrected chi connectivity index (χ3v) is 4.77. The van der Waals surface area contributed by atoms with Crippen LogP contribution >= 0.6 is 0 Å². The zero-order valence-electron chi connectivity index (χ0n) is 16.1. The molecule has 1 heterocycles. The van der Waals surface area contributed by atoms with Gasteiger partial charge in [0.25, 0.3) is 0 Å². The second kappa shape index (κ2) is 10.3. The van der Waals surface area contributed by atoms with E-state index in [-0.39, 0.29) is 18.4 Å². The van der Waals surface area contributed by atoms with Crippen LogP contribution in [0.4, 0.5) is 11.4 Å². The third-order valence-electron chi connectivity index (χ3n) is 4.77. The Labute approximate surface area is 166 Å². The summed E-state index contributed by atoms with van der Waals surface area (Å²) in [7, 11) is 0. The molecule has 5 nitrogen and oxygen atoms in total. The van der Waals surface area contributed by atoms with Crippen LogP contribution in [0.5, 0.6) is 0 Å². The van der Waals surface area contributed by atoms with E-state index in [1.165, 1.54) is 37.4 Å². The fourth-order valence-corrected chi connectivity index (χ4v) is 3.25. The van der Waals surface area contributed by atoms with Crippen LogP contribution in [0.1, 0.15) is 31.2 Å². The number of benzene rings is 2. The van der Waals surface area contributed by atoms with Crippen molar-refractivity contribution in [3.63, 3.8) is 0 Å². The lowest BCUT2D eigenvalue weighted by molar-refractivity contribution is -0.121. The minimum absolute atomic E-state index is 0.0637. The van der Waals surface area contributed by atoms with Gasteiger partial charge in [0.2, 0.25) is 11.8 Å². The lowest BCUT2D eigenvalue weighted by Gasteiger charge is -2.22. The largest absolute Gasteiger partial charge is 0.372 e. The molecule has 2 aromatic rings. The molecule has 28 heavy (non-hydrogen) atoms. The van der Waals surface area contributed by atoms with Gasteiger partial charge in [0, 0.05) is 30.5 Å². The Balaban J connectivity index is 1.44. The van der Waals surface area contributed by atoms with Gasteiger partial charge in [-0.05, 0) is 48.7 Å². The van der Waals surface area contributed by atoms with Gasteiger partial charge in [-0.3, -0.25) is 9.59 Å². The molecule has 2 aromatic carbocycles. The molecule has 0 bridgehead atoms. The van der Waals surface area contributed by atoms with E-state index >= 15 is 0 Å². The first-order valence-electron chi connectivity index (χ1n) is 9.86. The molecule has 1 saturated heterocycles. The summed E-state index contributed by atoms with van der Waals surface area (Å²) < 4.78 is 0. The van der Waals surface area contributed by atoms with Crippen molar-refractivity contribution < 1.29 is 9.59 Å². The molecule has 0 aromatic heterocycles. The quantitative estimate of drug-likeness (QED) is 0.752. The van der Waals surface area contributed by atoms with Gasteiger partial charge < -0.3 is 15.5 Å². The van der Waals surface area contributed by atoms with Crippen LogP contribution < -0.4 is 15.5 Å². The number of carbonyl (C=O) groups excluding carboxylic acids is 2. The number of hydrogen-bond acceptors (Lipinski definition) is 3. The second-order valence-corrected chi connectivity index (χ2v) is 6.96. The molecule has 0 radical (unpaired) electrons. The van der Waals surface area contributed by atoms with Crippen LogP contribution in [0.15, 0.2) is 60.7 Å². The van der Waals surface area contributed by atoms with E-state index < -0.39 is 0 Å². The average Bonchev–Trinajstić information content (AvgIpc) is 3.02. The predicted octanol–water partition coefficient (Wildman–Crippen LogP) is 3.84. The molecule has 2 N–H and O–H groups in total. The van der Waals surface area contributed by atoms with Gasteiger partial charge in [0.1, 0.15) is 0 Å². The lowest BCUT2D eigenvalue weighted by atomic mass is 10.2. The fourth-order valence-electron chi connectivity index (χ4n) is 3.25. The van der Waals surface area contributed by atoms with Gasteiger partial charge in [0.15, 0.2) is 0 Å². The van der Waals surface area contributed by atoms with Crippen molar-refractivity contribution in [2.45, 2.75) is 25.7 Å². The summed E-state index contributed by atoms with van der Waals surface area (Å²) in [6, 6.07) is 17.5. The molecule has 0 saturated carbocycles. The molecule has 3 rings (SSSR count). The zero-order chi connectivity index (χ0) is 19.6. The molecule has 1 aliphatic rings. The highest BCUT2D eigenvalue weighted by molar-refractivity contribution is 5.98. The van der Waals surface area contributed by atoms with Crippen LogP contribution in [0.2, 0.25) is 0 Å². The van der Waals surface area contributed by atoms with Crippen LogP contribution in [-0.2, 0) is 9.59 Å². The summed E-state index contributed by atoms with van der Waals surface area (Å²) >= 11 is 0. The predicted molar refractivity (Wildman–Crippen MR) is 114 cm³/mol. The molecule has 0 spiro atoms. The topological polar surface area (TPSA) is 61.4 Å². The van der Waals surface area contributed by atoms with E-state index in [0.717, 1.165) is 24.3 Å². The fraction of sp³-hybridized carbons (Fsp3) is 0.304. The molecular weight excluding hydrogens is 350 g/mol. The highest BCUT2D eigenvalue weighted by atomic mass is 16.2. The van der Waals surface area contributed by atoms with E-state index in [9.17, 15) is 9.59 Å². The first kappa shape index (κ1) is 19.7. The first-order valence-corrected chi connectivity index (χ1v) is 9.86. The van der Waals surface area contributed by atoms with E-state index in [1.807, 2.05) is 54.6 Å². The van der Waals surface area contributed by atoms with Gasteiger partial charge in [-0.1, -0.05) is 43.2 Å². The van der Waals surface area contributed by atoms with E-state index in [2.05, 4.69) is 15.5 Å². The lowest BCUT2D eigenvalue weighted by Crippen LogP contribution is -2.31. The van der Waals surface area contributed by atoms with Crippen molar-refractivity contribution in [3.8, 4) is 0 Å². The second-order valence-electron chi connectivity index (χ2n) is 6.96. The minimum atomic E-state index is -0.296. The van der Waals surface area contributed by atoms with Gasteiger partial charge in [0.05, 0.1) is 6.54 Å². The van der Waals surface area contributed by atoms with Gasteiger partial charge >= 0.3 is 0 Å². The molecule has 146 valence electrons. The van der Waals surface area contributed by atoms with E-state index in [4.69, 9.17) is 0 Å². The van der Waals surface area contributed by atoms with Crippen molar-refractivity contribution in [1.82, 2.24) is 5.32 Å². The summed E-state index contributed by atoms with van der Waals surface area (Å²) in [5.41, 5.74) is 2.86. The molecular formula is C23H27N3O2. The molecule has 0 aliphatic carbocycles. The maximum atomic E-state index is 12.1. The van der Waals surface area contributed by atoms with E-state index in [1.54, 1.807) is 6.08 Å². The monoisotopic (exact) mass is 377 g/mol. The number of nitrogens with zero attached hydrogens (tertiary/aromatic N) is 1. The molecule has 0 unspecified atom stereocenters. The SMILES string of the molecule is O=C(/C=C/c1ccccc1)NCC(=O)Nc1ccc(N2CCCCCC2)cc1. The Bertz CT molecular complexity index is 792. The highest BCUT2D eigenvalue weighted by Gasteiger charge is 2.10. The van der Waals surface area contributed by atoms with Crippen molar-refractivity contribution in [2.24, 2.45) is 0 Å². The maximum absolute atomic E-state index is 12.1. The van der Waals surface area contributed by atoms with E-state index in [0.29, 0.717) is 0 Å². The standard InChI is InChI=1S/C23H27N3O2/c27-22(15-10-19-8-4-3-5-9-19)24-18-23(28)25-20-11-13-21(14-12-20)26-16-6-1-2-7-17-26/h3-5,8-15H,1-2,6-7,16-18H2,(H,24,27)(H,25,28)/b15-10+. The summed E-state index contributed by atoms with van der Waals surface area (Å²) in [4.78, 5) is 26.3. The average molecular weight is 377 g/mol. The van der Waals surface area contributed by atoms with Crippen molar-refractivity contribution in [1.29, 1.82) is 0 Å². The summed E-state index contributed by atoms with van der Waals surface area (Å²) in [5.74, 6) is -0.542. The van der Waals surface area contributed by atoms with Gasteiger partial charge in [-0.15, -0.1) is 0 Å². The minimum Gasteiger partial charge on any atom is -0.372 e. The number of carbonyl (C=O) groups is 2. The Morgan fingerprint density at radius 2 is 1.57 bits per heavy atom. The van der Waals surface area contributed by atoms with Crippen LogP contribution in [0, 0.1) is 0 Å². The smallest absolute Gasteiger partial charge is 0.244 e. The summed E-state index contributed by atoms with van der Waals surface area (Å²) in [6.07, 6.45) is 8.22. The third kappa shape index (κ3) is 6.27. The normalized spacial score (nSPS) is 14.5. The number of rotatable bonds is 6. The Morgan fingerprint density at radius 1 is 0.893 bits per heavy atom. The molecule has 0 atom stereocenters. The number of nitrogens with one attached hydrogen (secondary N) is 2. The molecule has 5 heteroatoms. The molecule has 2 amide bonds. The van der Waals surface area contributed by atoms with Crippen molar-refractivity contribution >= 4 is 29.3 Å². The number of anilines is 2. The highest BCUT2D eigenvalue weighted by Crippen LogP contribution is 2.21. The number of hydrogen-bond donors (Lipinski definition) is 2. The van der Waals surface area contributed by atoms with Crippen LogP contribution in [-0.4, -0.2) is 31.4 Å². The zero-order valence-corrected chi connectivity index (χ0v) is 16.1.